The number of carbonyl (C=O) groups excluding carboxylic acids is 1. The molecule has 212 valence electrons. The predicted octanol–water partition coefficient (Wildman–Crippen LogP) is 6.25. The van der Waals surface area contributed by atoms with E-state index in [1.54, 1.807) is 29.2 Å². The fourth-order valence-electron chi connectivity index (χ4n) is 5.28. The lowest BCUT2D eigenvalue weighted by Gasteiger charge is -2.26. The Morgan fingerprint density at radius 3 is 2.58 bits per heavy atom. The number of halogens is 1. The van der Waals surface area contributed by atoms with Crippen LogP contribution in [0.25, 0.3) is 27.7 Å². The lowest BCUT2D eigenvalue weighted by atomic mass is 10.0. The molecule has 0 saturated heterocycles. The van der Waals surface area contributed by atoms with Gasteiger partial charge in [-0.05, 0) is 47.9 Å². The van der Waals surface area contributed by atoms with Crippen LogP contribution in [0, 0.1) is 5.82 Å². The van der Waals surface area contributed by atoms with Gasteiger partial charge in [0.1, 0.15) is 16.8 Å². The zero-order chi connectivity index (χ0) is 29.3. The van der Waals surface area contributed by atoms with Crippen LogP contribution in [0.15, 0.2) is 109 Å². The van der Waals surface area contributed by atoms with E-state index in [0.717, 1.165) is 11.1 Å². The van der Waals surface area contributed by atoms with E-state index in [2.05, 4.69) is 20.6 Å². The molecule has 0 aliphatic carbocycles. The van der Waals surface area contributed by atoms with Crippen molar-refractivity contribution in [3.63, 3.8) is 0 Å². The minimum atomic E-state index is -0.648. The number of ether oxygens (including phenoxy) is 1. The first-order valence-electron chi connectivity index (χ1n) is 13.8. The second kappa shape index (κ2) is 10.9. The van der Waals surface area contributed by atoms with Crippen LogP contribution in [0.2, 0.25) is 0 Å². The molecular formula is C33H25FN6O3. The highest BCUT2D eigenvalue weighted by molar-refractivity contribution is 6.07. The third kappa shape index (κ3) is 4.88. The Labute approximate surface area is 245 Å². The molecule has 1 amide bonds. The average Bonchev–Trinajstić information content (AvgIpc) is 3.56. The van der Waals surface area contributed by atoms with E-state index in [0.29, 0.717) is 42.2 Å². The molecule has 0 unspecified atom stereocenters. The lowest BCUT2D eigenvalue weighted by molar-refractivity contribution is 0.102. The van der Waals surface area contributed by atoms with Crippen molar-refractivity contribution in [3.8, 4) is 28.3 Å². The number of fused-ring (bicyclic) bond motifs is 2. The van der Waals surface area contributed by atoms with E-state index < -0.39 is 17.2 Å². The molecule has 10 heteroatoms. The molecule has 0 spiro atoms. The van der Waals surface area contributed by atoms with Crippen molar-refractivity contribution in [3.05, 3.63) is 126 Å². The summed E-state index contributed by atoms with van der Waals surface area (Å²) >= 11 is 0. The highest BCUT2D eigenvalue weighted by atomic mass is 19.1. The summed E-state index contributed by atoms with van der Waals surface area (Å²) in [6, 6.07) is 19.9. The van der Waals surface area contributed by atoms with Crippen LogP contribution < -0.4 is 20.8 Å². The molecule has 0 fully saturated rings. The van der Waals surface area contributed by atoms with Gasteiger partial charge in [0.05, 0.1) is 17.4 Å². The van der Waals surface area contributed by atoms with Gasteiger partial charge in [-0.3, -0.25) is 14.6 Å². The zero-order valence-corrected chi connectivity index (χ0v) is 22.8. The van der Waals surface area contributed by atoms with E-state index in [-0.39, 0.29) is 22.4 Å². The second-order valence-electron chi connectivity index (χ2n) is 10.1. The molecule has 3 aromatic carbocycles. The average molecular weight is 573 g/mol. The molecular weight excluding hydrogens is 547 g/mol. The Hall–Kier alpha value is -5.77. The number of imidazole rings is 1. The summed E-state index contributed by atoms with van der Waals surface area (Å²) < 4.78 is 25.7. The molecule has 2 N–H and O–H groups in total. The quantitative estimate of drug-likeness (QED) is 0.209. The number of hydrogen-bond acceptors (Lipinski definition) is 6. The molecule has 7 rings (SSSR count). The number of aryl methyl sites for hydroxylation is 1. The van der Waals surface area contributed by atoms with Crippen LogP contribution >= 0.6 is 0 Å². The highest BCUT2D eigenvalue weighted by Crippen LogP contribution is 2.46. The number of aromatic nitrogens is 4. The van der Waals surface area contributed by atoms with Crippen LogP contribution in [0.3, 0.4) is 0 Å². The minimum absolute atomic E-state index is 0.0367. The van der Waals surface area contributed by atoms with E-state index in [9.17, 15) is 9.59 Å². The van der Waals surface area contributed by atoms with Crippen LogP contribution in [0.4, 0.5) is 15.8 Å². The highest BCUT2D eigenvalue weighted by Gasteiger charge is 2.29. The largest absolute Gasteiger partial charge is 0.451 e. The summed E-state index contributed by atoms with van der Waals surface area (Å²) in [6.07, 6.45) is 10.6. The third-order valence-corrected chi connectivity index (χ3v) is 7.37. The van der Waals surface area contributed by atoms with Gasteiger partial charge in [-0.25, -0.2) is 9.37 Å². The maximum Gasteiger partial charge on any atom is 0.261 e. The van der Waals surface area contributed by atoms with E-state index in [1.165, 1.54) is 24.7 Å². The molecule has 0 radical (unpaired) electrons. The second-order valence-corrected chi connectivity index (χ2v) is 10.1. The van der Waals surface area contributed by atoms with Crippen molar-refractivity contribution in [2.75, 3.05) is 17.2 Å². The van der Waals surface area contributed by atoms with Gasteiger partial charge >= 0.3 is 0 Å². The molecule has 1 aliphatic rings. The van der Waals surface area contributed by atoms with Crippen LogP contribution in [-0.4, -0.2) is 31.6 Å². The summed E-state index contributed by atoms with van der Waals surface area (Å²) in [5.41, 5.74) is 2.80. The molecule has 4 heterocycles. The Morgan fingerprint density at radius 1 is 0.953 bits per heavy atom. The van der Waals surface area contributed by atoms with Gasteiger partial charge in [-0.15, -0.1) is 0 Å². The Balaban J connectivity index is 1.36. The summed E-state index contributed by atoms with van der Waals surface area (Å²) in [5, 5.41) is 5.95. The molecule has 0 saturated carbocycles. The number of pyridine rings is 2. The Kier molecular flexibility index (Phi) is 6.63. The van der Waals surface area contributed by atoms with Gasteiger partial charge < -0.3 is 24.5 Å². The number of amides is 1. The van der Waals surface area contributed by atoms with Gasteiger partial charge in [0.25, 0.3) is 5.91 Å². The normalized spacial score (nSPS) is 11.6. The number of nitrogens with one attached hydrogen (secondary N) is 2. The van der Waals surface area contributed by atoms with Crippen molar-refractivity contribution in [1.82, 2.24) is 19.1 Å². The smallest absolute Gasteiger partial charge is 0.261 e. The number of hydrogen-bond donors (Lipinski definition) is 2. The van der Waals surface area contributed by atoms with Gasteiger partial charge in [0.15, 0.2) is 17.3 Å². The molecule has 6 aromatic rings. The maximum absolute atomic E-state index is 15.7. The number of carbonyl (C=O) groups is 1. The van der Waals surface area contributed by atoms with Gasteiger partial charge in [-0.2, -0.15) is 0 Å². The minimum Gasteiger partial charge on any atom is -0.451 e. The van der Waals surface area contributed by atoms with Crippen molar-refractivity contribution < 1.29 is 13.9 Å². The Bertz CT molecular complexity index is 2030. The summed E-state index contributed by atoms with van der Waals surface area (Å²) in [5.74, 6) is -0.608. The number of nitrogens with zero attached hydrogens (tertiary/aromatic N) is 4. The topological polar surface area (TPSA) is 103 Å². The van der Waals surface area contributed by atoms with Gasteiger partial charge in [0.2, 0.25) is 5.43 Å². The fraction of sp³-hybridized carbons (Fsp3) is 0.0909. The lowest BCUT2D eigenvalue weighted by Crippen LogP contribution is -2.25. The van der Waals surface area contributed by atoms with Crippen molar-refractivity contribution in [2.45, 2.75) is 13.0 Å². The van der Waals surface area contributed by atoms with Crippen molar-refractivity contribution in [2.24, 2.45) is 0 Å². The predicted molar refractivity (Wildman–Crippen MR) is 163 cm³/mol. The Morgan fingerprint density at radius 2 is 1.79 bits per heavy atom. The van der Waals surface area contributed by atoms with Crippen LogP contribution in [-0.2, 0) is 6.54 Å². The standard InChI is InChI=1S/C33H25FN6O3/c34-26-18-24-30-32(29(26)37-11-4-15-39-16-14-36-20-39)43-28-8-7-22(21-5-2-1-3-6-21)17-27(28)40(30)19-25(31(24)41)33(42)38-23-9-12-35-13-10-23/h1-3,5-10,12-14,16-20,37H,4,11,15H2,(H,35,38,42). The summed E-state index contributed by atoms with van der Waals surface area (Å²) in [7, 11) is 0. The third-order valence-electron chi connectivity index (χ3n) is 7.37. The number of anilines is 2. The first-order valence-corrected chi connectivity index (χ1v) is 13.8. The molecule has 0 atom stereocenters. The summed E-state index contributed by atoms with van der Waals surface area (Å²) in [6.45, 7) is 1.15. The van der Waals surface area contributed by atoms with E-state index >= 15 is 4.39 Å². The van der Waals surface area contributed by atoms with Crippen molar-refractivity contribution in [1.29, 1.82) is 0 Å². The fourth-order valence-corrected chi connectivity index (χ4v) is 5.28. The van der Waals surface area contributed by atoms with E-state index in [4.69, 9.17) is 4.74 Å². The van der Waals surface area contributed by atoms with Crippen LogP contribution in [0.1, 0.15) is 16.8 Å². The number of rotatable bonds is 8. The van der Waals surface area contributed by atoms with Gasteiger partial charge in [-0.1, -0.05) is 36.4 Å². The molecule has 1 aliphatic heterocycles. The molecule has 3 aromatic heterocycles. The molecule has 0 bridgehead atoms. The van der Waals surface area contributed by atoms with Gasteiger partial charge in [0, 0.05) is 49.8 Å². The molecule has 9 nitrogen and oxygen atoms in total. The zero-order valence-electron chi connectivity index (χ0n) is 22.8. The number of benzene rings is 3. The SMILES string of the molecule is O=C(Nc1ccncc1)c1cn2c3c(c(NCCCn4ccnc4)c(F)cc3c1=O)Oc1ccc(-c3ccccc3)cc1-2. The van der Waals surface area contributed by atoms with Crippen LogP contribution in [0.5, 0.6) is 11.5 Å². The molecule has 43 heavy (non-hydrogen) atoms. The van der Waals surface area contributed by atoms with Crippen molar-refractivity contribution >= 4 is 28.2 Å². The monoisotopic (exact) mass is 572 g/mol. The maximum atomic E-state index is 15.7. The first-order chi connectivity index (χ1) is 21.1. The summed E-state index contributed by atoms with van der Waals surface area (Å²) in [4.78, 5) is 35.1. The van der Waals surface area contributed by atoms with E-state index in [1.807, 2.05) is 59.3 Å². The first kappa shape index (κ1) is 26.1.